The van der Waals surface area contributed by atoms with E-state index in [0.29, 0.717) is 0 Å². The molecular formula is C18H29N3O. The van der Waals surface area contributed by atoms with E-state index in [1.54, 1.807) is 0 Å². The second-order valence-corrected chi connectivity index (χ2v) is 6.62. The maximum atomic E-state index is 5.76. The van der Waals surface area contributed by atoms with Gasteiger partial charge in [0.2, 0.25) is 0 Å². The molecule has 0 radical (unpaired) electrons. The van der Waals surface area contributed by atoms with E-state index in [2.05, 4.69) is 21.9 Å². The van der Waals surface area contributed by atoms with Gasteiger partial charge in [0, 0.05) is 37.6 Å². The number of nitrogens with two attached hydrogens (primary N) is 1. The molecule has 2 fully saturated rings. The number of piperidine rings is 1. The maximum absolute atomic E-state index is 5.76. The average molecular weight is 303 g/mol. The van der Waals surface area contributed by atoms with Crippen LogP contribution in [-0.2, 0) is 4.74 Å². The van der Waals surface area contributed by atoms with Crippen LogP contribution in [0.5, 0.6) is 0 Å². The van der Waals surface area contributed by atoms with Gasteiger partial charge < -0.3 is 15.4 Å². The molecule has 0 unspecified atom stereocenters. The van der Waals surface area contributed by atoms with Crippen molar-refractivity contribution in [2.75, 3.05) is 56.6 Å². The number of nitrogens with zero attached hydrogens (tertiary/aromatic N) is 2. The molecule has 2 aliphatic heterocycles. The number of hydrogen-bond donors (Lipinski definition) is 1. The third-order valence-electron chi connectivity index (χ3n) is 5.06. The van der Waals surface area contributed by atoms with Crippen LogP contribution in [0.25, 0.3) is 0 Å². The molecule has 0 aliphatic carbocycles. The third kappa shape index (κ3) is 4.37. The molecule has 0 bridgehead atoms. The van der Waals surface area contributed by atoms with Gasteiger partial charge >= 0.3 is 0 Å². The van der Waals surface area contributed by atoms with Crippen LogP contribution >= 0.6 is 0 Å². The van der Waals surface area contributed by atoms with Crippen molar-refractivity contribution < 1.29 is 4.74 Å². The molecule has 2 heterocycles. The SMILES string of the molecule is Nc1ccc(N2CCC(CCCN3CCOCC3)CC2)cc1. The van der Waals surface area contributed by atoms with E-state index in [1.807, 2.05) is 12.1 Å². The standard InChI is InChI=1S/C18H29N3O/c19-17-3-5-18(6-4-17)21-10-7-16(8-11-21)2-1-9-20-12-14-22-15-13-20/h3-6,16H,1-2,7-15,19H2. The van der Waals surface area contributed by atoms with Gasteiger partial charge in [-0.3, -0.25) is 4.90 Å². The van der Waals surface area contributed by atoms with E-state index in [0.717, 1.165) is 37.9 Å². The monoisotopic (exact) mass is 303 g/mol. The third-order valence-corrected chi connectivity index (χ3v) is 5.06. The van der Waals surface area contributed by atoms with Gasteiger partial charge in [0.1, 0.15) is 0 Å². The highest BCUT2D eigenvalue weighted by atomic mass is 16.5. The van der Waals surface area contributed by atoms with Gasteiger partial charge in [-0.15, -0.1) is 0 Å². The first kappa shape index (κ1) is 15.6. The van der Waals surface area contributed by atoms with Gasteiger partial charge in [0.15, 0.2) is 0 Å². The predicted octanol–water partition coefficient (Wildman–Crippen LogP) is 2.60. The first-order valence-electron chi connectivity index (χ1n) is 8.72. The molecule has 122 valence electrons. The highest BCUT2D eigenvalue weighted by molar-refractivity contribution is 5.53. The minimum absolute atomic E-state index is 0.849. The van der Waals surface area contributed by atoms with E-state index in [-0.39, 0.29) is 0 Å². The lowest BCUT2D eigenvalue weighted by Crippen LogP contribution is -2.37. The van der Waals surface area contributed by atoms with Crippen LogP contribution in [0.15, 0.2) is 24.3 Å². The van der Waals surface area contributed by atoms with Crippen molar-refractivity contribution in [3.8, 4) is 0 Å². The summed E-state index contributed by atoms with van der Waals surface area (Å²) >= 11 is 0. The molecule has 0 spiro atoms. The smallest absolute Gasteiger partial charge is 0.0594 e. The lowest BCUT2D eigenvalue weighted by molar-refractivity contribution is 0.0365. The summed E-state index contributed by atoms with van der Waals surface area (Å²) in [4.78, 5) is 5.05. The summed E-state index contributed by atoms with van der Waals surface area (Å²) in [5.74, 6) is 0.908. The summed E-state index contributed by atoms with van der Waals surface area (Å²) in [5, 5.41) is 0. The zero-order valence-corrected chi connectivity index (χ0v) is 13.5. The topological polar surface area (TPSA) is 41.7 Å². The van der Waals surface area contributed by atoms with E-state index in [1.165, 1.54) is 51.0 Å². The average Bonchev–Trinajstić information content (AvgIpc) is 2.57. The van der Waals surface area contributed by atoms with Gasteiger partial charge in [-0.05, 0) is 62.4 Å². The van der Waals surface area contributed by atoms with Crippen LogP contribution in [0.3, 0.4) is 0 Å². The second-order valence-electron chi connectivity index (χ2n) is 6.62. The lowest BCUT2D eigenvalue weighted by Gasteiger charge is -2.34. The van der Waals surface area contributed by atoms with Crippen LogP contribution < -0.4 is 10.6 Å². The number of ether oxygens (including phenoxy) is 1. The van der Waals surface area contributed by atoms with E-state index in [4.69, 9.17) is 10.5 Å². The van der Waals surface area contributed by atoms with Crippen molar-refractivity contribution in [1.29, 1.82) is 0 Å². The van der Waals surface area contributed by atoms with Gasteiger partial charge in [-0.2, -0.15) is 0 Å². The Morgan fingerprint density at radius 2 is 1.68 bits per heavy atom. The Morgan fingerprint density at radius 3 is 2.36 bits per heavy atom. The van der Waals surface area contributed by atoms with Crippen molar-refractivity contribution in [1.82, 2.24) is 4.90 Å². The summed E-state index contributed by atoms with van der Waals surface area (Å²) < 4.78 is 5.40. The van der Waals surface area contributed by atoms with Crippen molar-refractivity contribution >= 4 is 11.4 Å². The Morgan fingerprint density at radius 1 is 1.00 bits per heavy atom. The molecule has 3 rings (SSSR count). The molecule has 4 nitrogen and oxygen atoms in total. The number of nitrogen functional groups attached to an aromatic ring is 1. The first-order valence-corrected chi connectivity index (χ1v) is 8.72. The zero-order chi connectivity index (χ0) is 15.2. The molecule has 1 aromatic rings. The fourth-order valence-corrected chi connectivity index (χ4v) is 3.59. The molecule has 1 aromatic carbocycles. The van der Waals surface area contributed by atoms with Gasteiger partial charge in [0.25, 0.3) is 0 Å². The molecule has 2 N–H and O–H groups in total. The summed E-state index contributed by atoms with van der Waals surface area (Å²) in [5.41, 5.74) is 7.93. The minimum Gasteiger partial charge on any atom is -0.399 e. The molecule has 2 aliphatic rings. The Balaban J connectivity index is 1.35. The van der Waals surface area contributed by atoms with E-state index < -0.39 is 0 Å². The largest absolute Gasteiger partial charge is 0.399 e. The molecule has 22 heavy (non-hydrogen) atoms. The summed E-state index contributed by atoms with van der Waals surface area (Å²) in [6.45, 7) is 7.70. The summed E-state index contributed by atoms with van der Waals surface area (Å²) in [6, 6.07) is 8.30. The van der Waals surface area contributed by atoms with E-state index >= 15 is 0 Å². The molecule has 0 atom stereocenters. The first-order chi connectivity index (χ1) is 10.8. The number of anilines is 2. The van der Waals surface area contributed by atoms with Crippen LogP contribution in [0.2, 0.25) is 0 Å². The molecule has 0 amide bonds. The minimum atomic E-state index is 0.849. The fourth-order valence-electron chi connectivity index (χ4n) is 3.59. The lowest BCUT2D eigenvalue weighted by atomic mass is 9.92. The van der Waals surface area contributed by atoms with Crippen molar-refractivity contribution in [2.45, 2.75) is 25.7 Å². The highest BCUT2D eigenvalue weighted by Gasteiger charge is 2.19. The van der Waals surface area contributed by atoms with Gasteiger partial charge in [-0.1, -0.05) is 0 Å². The second kappa shape index (κ2) is 7.84. The van der Waals surface area contributed by atoms with Crippen molar-refractivity contribution in [3.05, 3.63) is 24.3 Å². The molecule has 2 saturated heterocycles. The van der Waals surface area contributed by atoms with E-state index in [9.17, 15) is 0 Å². The summed E-state index contributed by atoms with van der Waals surface area (Å²) in [6.07, 6.45) is 5.38. The highest BCUT2D eigenvalue weighted by Crippen LogP contribution is 2.26. The fraction of sp³-hybridized carbons (Fsp3) is 0.667. The maximum Gasteiger partial charge on any atom is 0.0594 e. The van der Waals surface area contributed by atoms with Crippen LogP contribution in [-0.4, -0.2) is 50.8 Å². The van der Waals surface area contributed by atoms with Crippen LogP contribution in [0, 0.1) is 5.92 Å². The van der Waals surface area contributed by atoms with Crippen molar-refractivity contribution in [3.63, 3.8) is 0 Å². The Bertz CT molecular complexity index is 434. The molecule has 4 heteroatoms. The Labute approximate surface area is 134 Å². The van der Waals surface area contributed by atoms with Crippen LogP contribution in [0.4, 0.5) is 11.4 Å². The number of morpholine rings is 1. The number of benzene rings is 1. The van der Waals surface area contributed by atoms with Crippen molar-refractivity contribution in [2.24, 2.45) is 5.92 Å². The van der Waals surface area contributed by atoms with Gasteiger partial charge in [-0.25, -0.2) is 0 Å². The number of hydrogen-bond acceptors (Lipinski definition) is 4. The summed E-state index contributed by atoms with van der Waals surface area (Å²) in [7, 11) is 0. The molecular weight excluding hydrogens is 274 g/mol. The quantitative estimate of drug-likeness (QED) is 0.849. The predicted molar refractivity (Wildman–Crippen MR) is 92.3 cm³/mol. The Kier molecular flexibility index (Phi) is 5.57. The van der Waals surface area contributed by atoms with Gasteiger partial charge in [0.05, 0.1) is 13.2 Å². The normalized spacial score (nSPS) is 21.2. The molecule has 0 saturated carbocycles. The zero-order valence-electron chi connectivity index (χ0n) is 13.5. The van der Waals surface area contributed by atoms with Crippen LogP contribution in [0.1, 0.15) is 25.7 Å². The Hall–Kier alpha value is -1.26. The number of rotatable bonds is 5. The molecule has 0 aromatic heterocycles.